The minimum absolute atomic E-state index is 0.113. The van der Waals surface area contributed by atoms with Gasteiger partial charge in [-0.15, -0.1) is 6.58 Å². The molecule has 1 aromatic rings. The fraction of sp³-hybridized carbons (Fsp3) is 0.455. The molecule has 0 amide bonds. The van der Waals surface area contributed by atoms with Crippen LogP contribution >= 0.6 is 11.6 Å². The number of carbonyl (C=O) groups is 1. The number of halogens is 1. The van der Waals surface area contributed by atoms with Crippen molar-refractivity contribution >= 4 is 17.4 Å². The first kappa shape index (κ1) is 12.0. The number of nitrogens with zero attached hydrogens (tertiary/aromatic N) is 2. The van der Waals surface area contributed by atoms with Crippen LogP contribution in [0.3, 0.4) is 0 Å². The Hall–Kier alpha value is -1.09. The van der Waals surface area contributed by atoms with Crippen LogP contribution in [-0.2, 0) is 17.8 Å². The average Bonchev–Trinajstić information content (AvgIpc) is 2.46. The number of ketones is 1. The Labute approximate surface area is 94.7 Å². The zero-order chi connectivity index (χ0) is 11.4. The summed E-state index contributed by atoms with van der Waals surface area (Å²) in [5, 5.41) is 4.85. The smallest absolute Gasteiger partial charge is 0.142 e. The van der Waals surface area contributed by atoms with Gasteiger partial charge in [0.05, 0.1) is 22.8 Å². The Morgan fingerprint density at radius 2 is 2.33 bits per heavy atom. The molecule has 0 atom stereocenters. The molecule has 82 valence electrons. The van der Waals surface area contributed by atoms with Crippen LogP contribution in [0.4, 0.5) is 0 Å². The molecule has 0 fully saturated rings. The molecule has 1 heterocycles. The summed E-state index contributed by atoms with van der Waals surface area (Å²) in [7, 11) is 0. The molecule has 1 rings (SSSR count). The molecule has 0 aliphatic rings. The third-order valence-corrected chi connectivity index (χ3v) is 2.68. The van der Waals surface area contributed by atoms with Crippen molar-refractivity contribution in [3.05, 3.63) is 29.1 Å². The summed E-state index contributed by atoms with van der Waals surface area (Å²) >= 11 is 6.08. The van der Waals surface area contributed by atoms with Crippen molar-refractivity contribution in [2.24, 2.45) is 0 Å². The van der Waals surface area contributed by atoms with Crippen molar-refractivity contribution < 1.29 is 4.79 Å². The SMILES string of the molecule is C=CCC(=O)Cc1c(Cl)c(C)nn1CC. The minimum atomic E-state index is 0.113. The number of aryl methyl sites for hydroxylation is 2. The third kappa shape index (κ3) is 2.69. The van der Waals surface area contributed by atoms with Crippen LogP contribution in [0.1, 0.15) is 24.7 Å². The van der Waals surface area contributed by atoms with Crippen LogP contribution in [0.5, 0.6) is 0 Å². The lowest BCUT2D eigenvalue weighted by molar-refractivity contribution is -0.117. The van der Waals surface area contributed by atoms with Crippen LogP contribution in [0.15, 0.2) is 12.7 Å². The van der Waals surface area contributed by atoms with Gasteiger partial charge in [0.25, 0.3) is 0 Å². The zero-order valence-electron chi connectivity index (χ0n) is 9.09. The summed E-state index contributed by atoms with van der Waals surface area (Å²) in [5.74, 6) is 0.113. The molecular weight excluding hydrogens is 212 g/mol. The Morgan fingerprint density at radius 3 is 2.87 bits per heavy atom. The van der Waals surface area contributed by atoms with Gasteiger partial charge in [-0.05, 0) is 13.8 Å². The fourth-order valence-corrected chi connectivity index (χ4v) is 1.66. The van der Waals surface area contributed by atoms with Gasteiger partial charge in [0.2, 0.25) is 0 Å². The lowest BCUT2D eigenvalue weighted by Crippen LogP contribution is -2.09. The Morgan fingerprint density at radius 1 is 1.67 bits per heavy atom. The summed E-state index contributed by atoms with van der Waals surface area (Å²) in [5.41, 5.74) is 1.59. The number of Topliss-reactive ketones (excluding diaryl/α,β-unsaturated/α-hetero) is 1. The standard InChI is InChI=1S/C11H15ClN2O/c1-4-6-9(15)7-10-11(12)8(3)13-14(10)5-2/h4H,1,5-7H2,2-3H3. The van der Waals surface area contributed by atoms with Crippen molar-refractivity contribution in [1.29, 1.82) is 0 Å². The third-order valence-electron chi connectivity index (χ3n) is 2.19. The number of hydrogen-bond acceptors (Lipinski definition) is 2. The predicted octanol–water partition coefficient (Wildman–Crippen LogP) is 2.55. The maximum absolute atomic E-state index is 11.5. The summed E-state index contributed by atoms with van der Waals surface area (Å²) in [6, 6.07) is 0. The van der Waals surface area contributed by atoms with E-state index in [4.69, 9.17) is 11.6 Å². The van der Waals surface area contributed by atoms with Crippen LogP contribution in [0.25, 0.3) is 0 Å². The van der Waals surface area contributed by atoms with Gasteiger partial charge in [-0.25, -0.2) is 0 Å². The Balaban J connectivity index is 2.92. The Bertz CT molecular complexity index is 382. The number of allylic oxidation sites excluding steroid dienone is 1. The second kappa shape index (κ2) is 5.12. The van der Waals surface area contributed by atoms with E-state index in [1.165, 1.54) is 0 Å². The van der Waals surface area contributed by atoms with Crippen LogP contribution < -0.4 is 0 Å². The maximum atomic E-state index is 11.5. The van der Waals surface area contributed by atoms with Gasteiger partial charge >= 0.3 is 0 Å². The molecule has 0 aromatic carbocycles. The van der Waals surface area contributed by atoms with Crippen LogP contribution in [0.2, 0.25) is 5.02 Å². The van der Waals surface area contributed by atoms with Crippen molar-refractivity contribution in [1.82, 2.24) is 9.78 Å². The highest BCUT2D eigenvalue weighted by Crippen LogP contribution is 2.21. The molecule has 15 heavy (non-hydrogen) atoms. The second-order valence-corrected chi connectivity index (χ2v) is 3.75. The molecular formula is C11H15ClN2O. The monoisotopic (exact) mass is 226 g/mol. The molecule has 0 N–H and O–H groups in total. The number of carbonyl (C=O) groups excluding carboxylic acids is 1. The highest BCUT2D eigenvalue weighted by molar-refractivity contribution is 6.32. The quantitative estimate of drug-likeness (QED) is 0.724. The molecule has 0 unspecified atom stereocenters. The molecule has 0 saturated carbocycles. The topological polar surface area (TPSA) is 34.9 Å². The van der Waals surface area contributed by atoms with Gasteiger partial charge in [0, 0.05) is 13.0 Å². The molecule has 1 aromatic heterocycles. The van der Waals surface area contributed by atoms with Gasteiger partial charge < -0.3 is 0 Å². The van der Waals surface area contributed by atoms with E-state index in [1.54, 1.807) is 10.8 Å². The van der Waals surface area contributed by atoms with E-state index in [9.17, 15) is 4.79 Å². The largest absolute Gasteiger partial charge is 0.299 e. The summed E-state index contributed by atoms with van der Waals surface area (Å²) in [6.45, 7) is 8.08. The van der Waals surface area contributed by atoms with Crippen molar-refractivity contribution in [3.63, 3.8) is 0 Å². The predicted molar refractivity (Wildman–Crippen MR) is 61.2 cm³/mol. The van der Waals surface area contributed by atoms with E-state index < -0.39 is 0 Å². The maximum Gasteiger partial charge on any atom is 0.142 e. The van der Waals surface area contributed by atoms with Crippen molar-refractivity contribution in [2.75, 3.05) is 0 Å². The van der Waals surface area contributed by atoms with Gasteiger partial charge in [-0.3, -0.25) is 9.48 Å². The first-order valence-electron chi connectivity index (χ1n) is 4.94. The Kier molecular flexibility index (Phi) is 4.09. The molecule has 0 radical (unpaired) electrons. The van der Waals surface area contributed by atoms with Gasteiger partial charge in [0.1, 0.15) is 5.78 Å². The molecule has 0 spiro atoms. The van der Waals surface area contributed by atoms with Crippen LogP contribution in [0, 0.1) is 6.92 Å². The summed E-state index contributed by atoms with van der Waals surface area (Å²) in [6.07, 6.45) is 2.32. The van der Waals surface area contributed by atoms with Gasteiger partial charge in [0.15, 0.2) is 0 Å². The van der Waals surface area contributed by atoms with Gasteiger partial charge in [-0.2, -0.15) is 5.10 Å². The van der Waals surface area contributed by atoms with E-state index in [1.807, 2.05) is 13.8 Å². The summed E-state index contributed by atoms with van der Waals surface area (Å²) in [4.78, 5) is 11.5. The average molecular weight is 227 g/mol. The first-order valence-corrected chi connectivity index (χ1v) is 5.32. The molecule has 0 bridgehead atoms. The second-order valence-electron chi connectivity index (χ2n) is 3.37. The summed E-state index contributed by atoms with van der Waals surface area (Å²) < 4.78 is 1.78. The zero-order valence-corrected chi connectivity index (χ0v) is 9.84. The fourth-order valence-electron chi connectivity index (χ4n) is 1.46. The number of rotatable bonds is 5. The molecule has 0 saturated heterocycles. The first-order chi connectivity index (χ1) is 7.10. The lowest BCUT2D eigenvalue weighted by atomic mass is 10.1. The molecule has 0 aliphatic heterocycles. The normalized spacial score (nSPS) is 10.3. The number of aromatic nitrogens is 2. The molecule has 0 aliphatic carbocycles. The van der Waals surface area contributed by atoms with Gasteiger partial charge in [-0.1, -0.05) is 17.7 Å². The van der Waals surface area contributed by atoms with E-state index in [2.05, 4.69) is 11.7 Å². The van der Waals surface area contributed by atoms with E-state index in [0.717, 1.165) is 17.9 Å². The van der Waals surface area contributed by atoms with E-state index in [0.29, 0.717) is 17.9 Å². The number of hydrogen-bond donors (Lipinski definition) is 0. The minimum Gasteiger partial charge on any atom is -0.299 e. The highest BCUT2D eigenvalue weighted by atomic mass is 35.5. The van der Waals surface area contributed by atoms with Crippen molar-refractivity contribution in [2.45, 2.75) is 33.2 Å². The van der Waals surface area contributed by atoms with E-state index in [-0.39, 0.29) is 5.78 Å². The van der Waals surface area contributed by atoms with Crippen LogP contribution in [-0.4, -0.2) is 15.6 Å². The van der Waals surface area contributed by atoms with E-state index >= 15 is 0 Å². The molecule has 3 nitrogen and oxygen atoms in total. The lowest BCUT2D eigenvalue weighted by Gasteiger charge is -2.03. The van der Waals surface area contributed by atoms with Crippen molar-refractivity contribution in [3.8, 4) is 0 Å². The molecule has 4 heteroatoms. The highest BCUT2D eigenvalue weighted by Gasteiger charge is 2.14.